The van der Waals surface area contributed by atoms with Gasteiger partial charge in [0.25, 0.3) is 0 Å². The molecule has 3 aliphatic rings. The van der Waals surface area contributed by atoms with Crippen molar-refractivity contribution in [1.82, 2.24) is 5.32 Å². The Morgan fingerprint density at radius 2 is 2.00 bits per heavy atom. The highest BCUT2D eigenvalue weighted by atomic mass is 16.5. The van der Waals surface area contributed by atoms with E-state index >= 15 is 0 Å². The Morgan fingerprint density at radius 3 is 2.66 bits per heavy atom. The van der Waals surface area contributed by atoms with Gasteiger partial charge in [0, 0.05) is 24.8 Å². The van der Waals surface area contributed by atoms with E-state index in [1.807, 2.05) is 12.2 Å². The summed E-state index contributed by atoms with van der Waals surface area (Å²) in [6, 6.07) is 7.13. The first-order valence-electron chi connectivity index (χ1n) is 10.1. The van der Waals surface area contributed by atoms with E-state index in [9.17, 15) is 14.4 Å². The van der Waals surface area contributed by atoms with Crippen molar-refractivity contribution in [2.24, 2.45) is 17.8 Å². The Bertz CT molecular complexity index is 863. The van der Waals surface area contributed by atoms with Gasteiger partial charge in [0.05, 0.1) is 24.5 Å². The predicted molar refractivity (Wildman–Crippen MR) is 109 cm³/mol. The number of hydrogen-bond donors (Lipinski definition) is 2. The smallest absolute Gasteiger partial charge is 0.234 e. The van der Waals surface area contributed by atoms with Crippen LogP contribution in [0.2, 0.25) is 0 Å². The van der Waals surface area contributed by atoms with E-state index < -0.39 is 17.4 Å². The van der Waals surface area contributed by atoms with Gasteiger partial charge in [-0.1, -0.05) is 26.0 Å². The topological polar surface area (TPSA) is 87.7 Å². The highest BCUT2D eigenvalue weighted by Gasteiger charge is 2.67. The number of nitrogens with zero attached hydrogens (tertiary/aromatic N) is 1. The molecule has 2 bridgehead atoms. The normalized spacial score (nSPS) is 29.4. The summed E-state index contributed by atoms with van der Waals surface area (Å²) in [4.78, 5) is 39.0. The van der Waals surface area contributed by atoms with Crippen LogP contribution in [0.25, 0.3) is 0 Å². The minimum atomic E-state index is -0.738. The average molecular weight is 397 g/mol. The molecule has 0 aromatic heterocycles. The predicted octanol–water partition coefficient (Wildman–Crippen LogP) is 2.09. The summed E-state index contributed by atoms with van der Waals surface area (Å²) < 4.78 is 6.15. The lowest BCUT2D eigenvalue weighted by Gasteiger charge is -2.23. The molecule has 7 heteroatoms. The van der Waals surface area contributed by atoms with Gasteiger partial charge in [-0.25, -0.2) is 0 Å². The van der Waals surface area contributed by atoms with Gasteiger partial charge in [-0.15, -0.1) is 0 Å². The van der Waals surface area contributed by atoms with Crippen LogP contribution in [0.1, 0.15) is 27.2 Å². The Hall–Kier alpha value is -2.67. The summed E-state index contributed by atoms with van der Waals surface area (Å²) in [5.74, 6) is -0.849. The zero-order valence-electron chi connectivity index (χ0n) is 17.0. The number of amides is 3. The molecule has 1 aromatic carbocycles. The standard InChI is InChI=1S/C22H27N3O4/c1-13(2)9-11-23-20(27)18-17-8-10-22(29-17)12-25(21(28)19(18)22)16-6-4-15(5-7-16)24-14(3)26/h4-8,10,13,17-19H,9,11-12H2,1-3H3,(H,23,27)(H,24,26)/t17-,18+,19-,22+/m1/s1. The molecular weight excluding hydrogens is 370 g/mol. The molecule has 2 N–H and O–H groups in total. The first-order valence-corrected chi connectivity index (χ1v) is 10.1. The second kappa shape index (κ2) is 7.30. The van der Waals surface area contributed by atoms with E-state index in [1.165, 1.54) is 6.92 Å². The first kappa shape index (κ1) is 19.6. The van der Waals surface area contributed by atoms with Crippen LogP contribution in [-0.4, -0.2) is 42.5 Å². The molecule has 0 aliphatic carbocycles. The molecular formula is C22H27N3O4. The summed E-state index contributed by atoms with van der Waals surface area (Å²) in [7, 11) is 0. The fourth-order valence-electron chi connectivity index (χ4n) is 4.55. The lowest BCUT2D eigenvalue weighted by atomic mass is 9.77. The largest absolute Gasteiger partial charge is 0.360 e. The number of nitrogens with one attached hydrogen (secondary N) is 2. The van der Waals surface area contributed by atoms with E-state index in [-0.39, 0.29) is 23.8 Å². The highest BCUT2D eigenvalue weighted by Crippen LogP contribution is 2.52. The van der Waals surface area contributed by atoms with Crippen molar-refractivity contribution in [2.45, 2.75) is 38.9 Å². The Balaban J connectivity index is 1.52. The van der Waals surface area contributed by atoms with Gasteiger partial charge in [-0.2, -0.15) is 0 Å². The lowest BCUT2D eigenvalue weighted by Crippen LogP contribution is -2.44. The molecule has 2 fully saturated rings. The zero-order chi connectivity index (χ0) is 20.8. The maximum absolute atomic E-state index is 13.3. The van der Waals surface area contributed by atoms with Gasteiger partial charge in [-0.05, 0) is 36.6 Å². The minimum absolute atomic E-state index is 0.0897. The number of fused-ring (bicyclic) bond motifs is 1. The van der Waals surface area contributed by atoms with Crippen molar-refractivity contribution in [2.75, 3.05) is 23.3 Å². The summed E-state index contributed by atoms with van der Waals surface area (Å²) in [6.07, 6.45) is 4.42. The van der Waals surface area contributed by atoms with E-state index in [4.69, 9.17) is 4.74 Å². The van der Waals surface area contributed by atoms with Gasteiger partial charge >= 0.3 is 0 Å². The molecule has 3 amide bonds. The monoisotopic (exact) mass is 397 g/mol. The number of carbonyl (C=O) groups is 3. The number of hydrogen-bond acceptors (Lipinski definition) is 4. The SMILES string of the molecule is CC(=O)Nc1ccc(N2C[C@]34C=C[C@@H](O3)[C@H](C(=O)NCCC(C)C)[C@@H]4C2=O)cc1. The van der Waals surface area contributed by atoms with Gasteiger partial charge in [0.1, 0.15) is 5.60 Å². The molecule has 3 heterocycles. The van der Waals surface area contributed by atoms with Crippen LogP contribution in [0.15, 0.2) is 36.4 Å². The van der Waals surface area contributed by atoms with Gasteiger partial charge in [0.15, 0.2) is 0 Å². The molecule has 7 nitrogen and oxygen atoms in total. The maximum atomic E-state index is 13.3. The first-order chi connectivity index (χ1) is 13.8. The second-order valence-corrected chi connectivity index (χ2v) is 8.53. The quantitative estimate of drug-likeness (QED) is 0.720. The van der Waals surface area contributed by atoms with Crippen LogP contribution in [0.4, 0.5) is 11.4 Å². The van der Waals surface area contributed by atoms with Crippen LogP contribution in [0.5, 0.6) is 0 Å². The minimum Gasteiger partial charge on any atom is -0.360 e. The Morgan fingerprint density at radius 1 is 1.28 bits per heavy atom. The van der Waals surface area contributed by atoms with E-state index in [0.717, 1.165) is 12.1 Å². The summed E-state index contributed by atoms with van der Waals surface area (Å²) in [6.45, 7) is 6.66. The Labute approximate surface area is 170 Å². The van der Waals surface area contributed by atoms with E-state index in [2.05, 4.69) is 24.5 Å². The number of benzene rings is 1. The molecule has 0 saturated carbocycles. The molecule has 2 saturated heterocycles. The molecule has 3 aliphatic heterocycles. The van der Waals surface area contributed by atoms with E-state index in [0.29, 0.717) is 24.7 Å². The second-order valence-electron chi connectivity index (χ2n) is 8.53. The van der Waals surface area contributed by atoms with Crippen LogP contribution in [0, 0.1) is 17.8 Å². The summed E-state index contributed by atoms with van der Waals surface area (Å²) >= 11 is 0. The molecule has 1 aromatic rings. The van der Waals surface area contributed by atoms with Crippen molar-refractivity contribution in [3.05, 3.63) is 36.4 Å². The third-order valence-electron chi connectivity index (χ3n) is 5.92. The van der Waals surface area contributed by atoms with Crippen molar-refractivity contribution in [1.29, 1.82) is 0 Å². The summed E-state index contributed by atoms with van der Waals surface area (Å²) in [5.41, 5.74) is 0.663. The zero-order valence-corrected chi connectivity index (χ0v) is 17.0. The highest BCUT2D eigenvalue weighted by molar-refractivity contribution is 6.03. The molecule has 4 rings (SSSR count). The van der Waals surface area contributed by atoms with Crippen LogP contribution >= 0.6 is 0 Å². The summed E-state index contributed by atoms with van der Waals surface area (Å²) in [5, 5.41) is 5.70. The molecule has 0 radical (unpaired) electrons. The van der Waals surface area contributed by atoms with Gasteiger partial charge in [-0.3, -0.25) is 14.4 Å². The molecule has 4 atom stereocenters. The van der Waals surface area contributed by atoms with Crippen LogP contribution in [0.3, 0.4) is 0 Å². The van der Waals surface area contributed by atoms with Gasteiger partial charge in [0.2, 0.25) is 17.7 Å². The van der Waals surface area contributed by atoms with Gasteiger partial charge < -0.3 is 20.3 Å². The number of anilines is 2. The molecule has 29 heavy (non-hydrogen) atoms. The molecule has 0 unspecified atom stereocenters. The maximum Gasteiger partial charge on any atom is 0.234 e. The molecule has 1 spiro atoms. The lowest BCUT2D eigenvalue weighted by molar-refractivity contribution is -0.131. The number of rotatable bonds is 6. The third kappa shape index (κ3) is 3.44. The average Bonchev–Trinajstić information content (AvgIpc) is 3.30. The molecule has 154 valence electrons. The Kier molecular flexibility index (Phi) is 4.94. The number of ether oxygens (including phenoxy) is 1. The van der Waals surface area contributed by atoms with Crippen molar-refractivity contribution in [3.63, 3.8) is 0 Å². The van der Waals surface area contributed by atoms with Crippen molar-refractivity contribution >= 4 is 29.1 Å². The fraction of sp³-hybridized carbons (Fsp3) is 0.500. The van der Waals surface area contributed by atoms with Crippen LogP contribution < -0.4 is 15.5 Å². The number of carbonyl (C=O) groups excluding carboxylic acids is 3. The van der Waals surface area contributed by atoms with Crippen molar-refractivity contribution in [3.8, 4) is 0 Å². The fourth-order valence-corrected chi connectivity index (χ4v) is 4.55. The van der Waals surface area contributed by atoms with Crippen LogP contribution in [-0.2, 0) is 19.1 Å². The third-order valence-corrected chi connectivity index (χ3v) is 5.92. The van der Waals surface area contributed by atoms with Crippen molar-refractivity contribution < 1.29 is 19.1 Å². The van der Waals surface area contributed by atoms with E-state index in [1.54, 1.807) is 29.2 Å².